The van der Waals surface area contributed by atoms with Gasteiger partial charge in [0.2, 0.25) is 0 Å². The van der Waals surface area contributed by atoms with Gasteiger partial charge in [-0.15, -0.1) is 0 Å². The molecule has 1 unspecified atom stereocenters. The van der Waals surface area contributed by atoms with Crippen LogP contribution in [0.3, 0.4) is 0 Å². The molecule has 5 nitrogen and oxygen atoms in total. The number of hydrogen-bond acceptors (Lipinski definition) is 3. The molecule has 1 aromatic rings. The number of pyridine rings is 1. The average molecular weight is 277 g/mol. The summed E-state index contributed by atoms with van der Waals surface area (Å²) in [4.78, 5) is 16.3. The first-order chi connectivity index (χ1) is 9.54. The summed E-state index contributed by atoms with van der Waals surface area (Å²) < 4.78 is 5.34. The van der Waals surface area contributed by atoms with Crippen LogP contribution in [-0.2, 0) is 4.74 Å². The predicted molar refractivity (Wildman–Crippen MR) is 78.9 cm³/mol. The van der Waals surface area contributed by atoms with Gasteiger partial charge in [-0.3, -0.25) is 5.32 Å². The van der Waals surface area contributed by atoms with Gasteiger partial charge in [0.05, 0.1) is 0 Å². The van der Waals surface area contributed by atoms with Gasteiger partial charge >= 0.3 is 6.03 Å². The summed E-state index contributed by atoms with van der Waals surface area (Å²) in [6.07, 6.45) is 2.01. The van der Waals surface area contributed by atoms with Crippen molar-refractivity contribution < 1.29 is 9.53 Å². The van der Waals surface area contributed by atoms with Crippen LogP contribution in [0.4, 0.5) is 10.6 Å². The zero-order chi connectivity index (χ0) is 14.5. The molecule has 110 valence electrons. The average Bonchev–Trinajstić information content (AvgIpc) is 2.38. The Labute approximate surface area is 120 Å². The van der Waals surface area contributed by atoms with Crippen LogP contribution in [0.5, 0.6) is 0 Å². The smallest absolute Gasteiger partial charge is 0.320 e. The Morgan fingerprint density at radius 1 is 1.35 bits per heavy atom. The van der Waals surface area contributed by atoms with E-state index in [-0.39, 0.29) is 12.1 Å². The third-order valence-electron chi connectivity index (χ3n) is 3.67. The van der Waals surface area contributed by atoms with Crippen molar-refractivity contribution in [3.05, 3.63) is 23.4 Å². The number of carbonyl (C=O) groups excluding carboxylic acids is 1. The molecule has 2 amide bonds. The fourth-order valence-electron chi connectivity index (χ4n) is 2.60. The van der Waals surface area contributed by atoms with Crippen LogP contribution in [0.25, 0.3) is 0 Å². The summed E-state index contributed by atoms with van der Waals surface area (Å²) in [5.74, 6) is 1.08. The first-order valence-electron chi connectivity index (χ1n) is 7.15. The number of aryl methyl sites for hydroxylation is 2. The van der Waals surface area contributed by atoms with E-state index in [0.29, 0.717) is 11.7 Å². The van der Waals surface area contributed by atoms with Gasteiger partial charge in [-0.25, -0.2) is 9.78 Å². The molecule has 2 N–H and O–H groups in total. The van der Waals surface area contributed by atoms with Crippen LogP contribution in [0, 0.1) is 19.8 Å². The fraction of sp³-hybridized carbons (Fsp3) is 0.600. The van der Waals surface area contributed by atoms with Crippen molar-refractivity contribution in [2.45, 2.75) is 39.7 Å². The molecule has 20 heavy (non-hydrogen) atoms. The Morgan fingerprint density at radius 2 is 2.05 bits per heavy atom. The Morgan fingerprint density at radius 3 is 2.70 bits per heavy atom. The summed E-state index contributed by atoms with van der Waals surface area (Å²) in [7, 11) is 0. The molecule has 5 heteroatoms. The van der Waals surface area contributed by atoms with Crippen molar-refractivity contribution in [2.75, 3.05) is 18.5 Å². The molecule has 0 radical (unpaired) electrons. The second-order valence-electron chi connectivity index (χ2n) is 5.51. The Balaban J connectivity index is 1.88. The van der Waals surface area contributed by atoms with E-state index in [4.69, 9.17) is 4.74 Å². The van der Waals surface area contributed by atoms with Gasteiger partial charge in [-0.1, -0.05) is 0 Å². The SMILES string of the molecule is Cc1cc(C)nc(NC(=O)NC(C)C2CCOCC2)c1. The van der Waals surface area contributed by atoms with E-state index in [1.165, 1.54) is 0 Å². The molecule has 1 fully saturated rings. The first kappa shape index (κ1) is 14.8. The van der Waals surface area contributed by atoms with Gasteiger partial charge < -0.3 is 10.1 Å². The number of rotatable bonds is 3. The number of ether oxygens (including phenoxy) is 1. The fourth-order valence-corrected chi connectivity index (χ4v) is 2.60. The minimum absolute atomic E-state index is 0.143. The molecular formula is C15H23N3O2. The molecular weight excluding hydrogens is 254 g/mol. The Kier molecular flexibility index (Phi) is 4.95. The number of aromatic nitrogens is 1. The standard InChI is InChI=1S/C15H23N3O2/c1-10-8-11(2)16-14(9-10)18-15(19)17-12(3)13-4-6-20-7-5-13/h8-9,12-13H,4-7H2,1-3H3,(H2,16,17,18,19). The van der Waals surface area contributed by atoms with E-state index in [0.717, 1.165) is 37.3 Å². The molecule has 0 saturated carbocycles. The van der Waals surface area contributed by atoms with E-state index in [9.17, 15) is 4.79 Å². The Bertz CT molecular complexity index is 450. The van der Waals surface area contributed by atoms with Gasteiger partial charge in [-0.05, 0) is 57.2 Å². The minimum Gasteiger partial charge on any atom is -0.381 e. The number of carbonyl (C=O) groups is 1. The van der Waals surface area contributed by atoms with E-state index in [2.05, 4.69) is 15.6 Å². The maximum atomic E-state index is 12.0. The molecule has 0 aliphatic carbocycles. The topological polar surface area (TPSA) is 63.2 Å². The maximum Gasteiger partial charge on any atom is 0.320 e. The van der Waals surface area contributed by atoms with Crippen LogP contribution < -0.4 is 10.6 Å². The van der Waals surface area contributed by atoms with Crippen LogP contribution in [0.1, 0.15) is 31.0 Å². The molecule has 1 saturated heterocycles. The van der Waals surface area contributed by atoms with Crippen molar-refractivity contribution in [1.29, 1.82) is 0 Å². The van der Waals surface area contributed by atoms with Gasteiger partial charge in [0.1, 0.15) is 5.82 Å². The number of hydrogen-bond donors (Lipinski definition) is 2. The molecule has 1 aliphatic rings. The van der Waals surface area contributed by atoms with Crippen molar-refractivity contribution in [3.8, 4) is 0 Å². The maximum absolute atomic E-state index is 12.0. The highest BCUT2D eigenvalue weighted by molar-refractivity contribution is 5.88. The highest BCUT2D eigenvalue weighted by Crippen LogP contribution is 2.18. The number of nitrogens with one attached hydrogen (secondary N) is 2. The minimum atomic E-state index is -0.193. The van der Waals surface area contributed by atoms with E-state index < -0.39 is 0 Å². The molecule has 2 heterocycles. The van der Waals surface area contributed by atoms with E-state index in [1.807, 2.05) is 32.9 Å². The molecule has 2 rings (SSSR count). The summed E-state index contributed by atoms with van der Waals surface area (Å²) >= 11 is 0. The number of amides is 2. The van der Waals surface area contributed by atoms with Crippen LogP contribution in [0.2, 0.25) is 0 Å². The lowest BCUT2D eigenvalue weighted by molar-refractivity contribution is 0.0573. The van der Waals surface area contributed by atoms with Gasteiger partial charge in [-0.2, -0.15) is 0 Å². The second kappa shape index (κ2) is 6.70. The zero-order valence-electron chi connectivity index (χ0n) is 12.4. The molecule has 1 atom stereocenters. The number of nitrogens with zero attached hydrogens (tertiary/aromatic N) is 1. The molecule has 0 spiro atoms. The highest BCUT2D eigenvalue weighted by atomic mass is 16.5. The third-order valence-corrected chi connectivity index (χ3v) is 3.67. The normalized spacial score (nSPS) is 17.6. The third kappa shape index (κ3) is 4.20. The van der Waals surface area contributed by atoms with E-state index >= 15 is 0 Å². The number of anilines is 1. The Hall–Kier alpha value is -1.62. The first-order valence-corrected chi connectivity index (χ1v) is 7.15. The summed E-state index contributed by atoms with van der Waals surface area (Å²) in [5, 5.41) is 5.79. The molecule has 1 aromatic heterocycles. The highest BCUT2D eigenvalue weighted by Gasteiger charge is 2.21. The molecule has 1 aliphatic heterocycles. The molecule has 0 aromatic carbocycles. The second-order valence-corrected chi connectivity index (χ2v) is 5.51. The lowest BCUT2D eigenvalue weighted by Gasteiger charge is -2.28. The van der Waals surface area contributed by atoms with Crippen molar-refractivity contribution >= 4 is 11.8 Å². The van der Waals surface area contributed by atoms with Gasteiger partial charge in [0.25, 0.3) is 0 Å². The quantitative estimate of drug-likeness (QED) is 0.892. The van der Waals surface area contributed by atoms with Crippen molar-refractivity contribution in [1.82, 2.24) is 10.3 Å². The summed E-state index contributed by atoms with van der Waals surface area (Å²) in [5.41, 5.74) is 1.99. The monoisotopic (exact) mass is 277 g/mol. The van der Waals surface area contributed by atoms with Crippen LogP contribution in [0.15, 0.2) is 12.1 Å². The van der Waals surface area contributed by atoms with Crippen molar-refractivity contribution in [3.63, 3.8) is 0 Å². The van der Waals surface area contributed by atoms with E-state index in [1.54, 1.807) is 0 Å². The molecule has 0 bridgehead atoms. The summed E-state index contributed by atoms with van der Waals surface area (Å²) in [6.45, 7) is 7.53. The number of urea groups is 1. The zero-order valence-corrected chi connectivity index (χ0v) is 12.4. The lowest BCUT2D eigenvalue weighted by atomic mass is 9.93. The lowest BCUT2D eigenvalue weighted by Crippen LogP contribution is -2.42. The predicted octanol–water partition coefficient (Wildman–Crippen LogP) is 2.64. The van der Waals surface area contributed by atoms with Gasteiger partial charge in [0, 0.05) is 24.9 Å². The largest absolute Gasteiger partial charge is 0.381 e. The van der Waals surface area contributed by atoms with Gasteiger partial charge in [0.15, 0.2) is 0 Å². The summed E-state index contributed by atoms with van der Waals surface area (Å²) in [6, 6.07) is 3.80. The van der Waals surface area contributed by atoms with Crippen LogP contribution in [-0.4, -0.2) is 30.3 Å². The van der Waals surface area contributed by atoms with Crippen LogP contribution >= 0.6 is 0 Å². The van der Waals surface area contributed by atoms with Crippen molar-refractivity contribution in [2.24, 2.45) is 5.92 Å².